The molecule has 0 bridgehead atoms. The van der Waals surface area contributed by atoms with Crippen molar-refractivity contribution in [1.29, 1.82) is 0 Å². The monoisotopic (exact) mass is 239 g/mol. The Balaban J connectivity index is 2.38. The van der Waals surface area contributed by atoms with E-state index in [2.05, 4.69) is 4.98 Å². The molecule has 3 nitrogen and oxygen atoms in total. The first-order chi connectivity index (χ1) is 8.79. The normalized spacial score (nSPS) is 10.9. The van der Waals surface area contributed by atoms with E-state index < -0.39 is 0 Å². The third-order valence-corrected chi connectivity index (χ3v) is 2.99. The van der Waals surface area contributed by atoms with Gasteiger partial charge in [0.05, 0.1) is 12.1 Å². The summed E-state index contributed by atoms with van der Waals surface area (Å²) in [5.74, 6) is 0.728. The van der Waals surface area contributed by atoms with Gasteiger partial charge in [-0.3, -0.25) is 4.79 Å². The topological polar surface area (TPSA) is 42.1 Å². The Hall–Kier alpha value is -2.29. The van der Waals surface area contributed by atoms with Gasteiger partial charge in [0.25, 0.3) is 0 Å². The summed E-state index contributed by atoms with van der Waals surface area (Å²) in [4.78, 5) is 15.6. The van der Waals surface area contributed by atoms with Gasteiger partial charge < -0.3 is 9.72 Å². The Labute approximate surface area is 104 Å². The molecule has 0 radical (unpaired) electrons. The van der Waals surface area contributed by atoms with Gasteiger partial charge in [0.15, 0.2) is 5.43 Å². The lowest BCUT2D eigenvalue weighted by molar-refractivity contribution is 0.340. The highest BCUT2D eigenvalue weighted by molar-refractivity contribution is 5.92. The van der Waals surface area contributed by atoms with Crippen molar-refractivity contribution in [2.45, 2.75) is 6.92 Å². The summed E-state index contributed by atoms with van der Waals surface area (Å²) < 4.78 is 5.43. The van der Waals surface area contributed by atoms with Gasteiger partial charge in [-0.1, -0.05) is 12.1 Å². The predicted octanol–water partition coefficient (Wildman–Crippen LogP) is 3.08. The van der Waals surface area contributed by atoms with Crippen LogP contribution in [-0.4, -0.2) is 11.6 Å². The number of ether oxygens (including phenoxy) is 1. The molecule has 0 fully saturated rings. The molecule has 0 aliphatic heterocycles. The fraction of sp³-hybridized carbons (Fsp3) is 0.133. The molecule has 0 spiro atoms. The summed E-state index contributed by atoms with van der Waals surface area (Å²) in [6.07, 6.45) is 0. The highest BCUT2D eigenvalue weighted by atomic mass is 16.5. The molecule has 1 N–H and O–H groups in total. The van der Waals surface area contributed by atoms with Crippen LogP contribution >= 0.6 is 0 Å². The van der Waals surface area contributed by atoms with E-state index in [1.54, 1.807) is 6.07 Å². The van der Waals surface area contributed by atoms with Gasteiger partial charge >= 0.3 is 0 Å². The van der Waals surface area contributed by atoms with Crippen molar-refractivity contribution in [3.8, 4) is 5.75 Å². The number of aromatic nitrogens is 1. The molecule has 0 aliphatic carbocycles. The van der Waals surface area contributed by atoms with Crippen molar-refractivity contribution in [3.05, 3.63) is 52.7 Å². The number of aromatic amines is 1. The molecule has 18 heavy (non-hydrogen) atoms. The lowest BCUT2D eigenvalue weighted by atomic mass is 10.1. The second-order valence-electron chi connectivity index (χ2n) is 4.14. The fourth-order valence-corrected chi connectivity index (χ4v) is 2.16. The summed E-state index contributed by atoms with van der Waals surface area (Å²) in [5, 5.41) is 1.37. The van der Waals surface area contributed by atoms with Crippen LogP contribution in [0.5, 0.6) is 5.75 Å². The fourth-order valence-electron chi connectivity index (χ4n) is 2.16. The van der Waals surface area contributed by atoms with E-state index >= 15 is 0 Å². The number of nitrogens with one attached hydrogen (secondary N) is 1. The number of benzene rings is 2. The zero-order chi connectivity index (χ0) is 12.5. The summed E-state index contributed by atoms with van der Waals surface area (Å²) in [5.41, 5.74) is 1.74. The molecule has 2 aromatic carbocycles. The minimum atomic E-state index is 0.0425. The summed E-state index contributed by atoms with van der Waals surface area (Å²) >= 11 is 0. The third-order valence-electron chi connectivity index (χ3n) is 2.99. The minimum Gasteiger partial charge on any atom is -0.494 e. The third kappa shape index (κ3) is 1.64. The average Bonchev–Trinajstić information content (AvgIpc) is 2.40. The molecule has 0 saturated carbocycles. The first kappa shape index (κ1) is 10.8. The van der Waals surface area contributed by atoms with Crippen LogP contribution in [0.25, 0.3) is 21.8 Å². The SMILES string of the molecule is CCOc1ccc2[nH]c3ccccc3c(=O)c2c1. The van der Waals surface area contributed by atoms with Gasteiger partial charge in [-0.05, 0) is 37.3 Å². The molecule has 3 rings (SSSR count). The van der Waals surface area contributed by atoms with Gasteiger partial charge in [-0.15, -0.1) is 0 Å². The Kier molecular flexibility index (Phi) is 2.52. The molecule has 0 amide bonds. The number of rotatable bonds is 2. The Bertz CT molecular complexity index is 774. The van der Waals surface area contributed by atoms with Crippen LogP contribution in [0.15, 0.2) is 47.3 Å². The van der Waals surface area contributed by atoms with Gasteiger partial charge in [0.1, 0.15) is 5.75 Å². The van der Waals surface area contributed by atoms with Crippen LogP contribution < -0.4 is 10.2 Å². The second-order valence-corrected chi connectivity index (χ2v) is 4.14. The Morgan fingerprint density at radius 2 is 1.83 bits per heavy atom. The molecule has 1 heterocycles. The first-order valence-electron chi connectivity index (χ1n) is 5.97. The van der Waals surface area contributed by atoms with Crippen molar-refractivity contribution in [1.82, 2.24) is 4.98 Å². The van der Waals surface area contributed by atoms with Crippen molar-refractivity contribution in [3.63, 3.8) is 0 Å². The molecular weight excluding hydrogens is 226 g/mol. The van der Waals surface area contributed by atoms with E-state index in [-0.39, 0.29) is 5.43 Å². The average molecular weight is 239 g/mol. The van der Waals surface area contributed by atoms with Crippen molar-refractivity contribution < 1.29 is 4.74 Å². The van der Waals surface area contributed by atoms with E-state index in [9.17, 15) is 4.79 Å². The lowest BCUT2D eigenvalue weighted by Crippen LogP contribution is -2.04. The number of fused-ring (bicyclic) bond motifs is 2. The molecular formula is C15H13NO2. The highest BCUT2D eigenvalue weighted by Crippen LogP contribution is 2.19. The van der Waals surface area contributed by atoms with Crippen LogP contribution in [0.1, 0.15) is 6.92 Å². The van der Waals surface area contributed by atoms with E-state index in [0.717, 1.165) is 16.8 Å². The number of hydrogen-bond donors (Lipinski definition) is 1. The van der Waals surface area contributed by atoms with Crippen molar-refractivity contribution in [2.24, 2.45) is 0 Å². The molecule has 1 aromatic heterocycles. The number of para-hydroxylation sites is 1. The van der Waals surface area contributed by atoms with Crippen molar-refractivity contribution in [2.75, 3.05) is 6.61 Å². The lowest BCUT2D eigenvalue weighted by Gasteiger charge is -2.06. The largest absolute Gasteiger partial charge is 0.494 e. The van der Waals surface area contributed by atoms with Gasteiger partial charge in [0.2, 0.25) is 0 Å². The zero-order valence-electron chi connectivity index (χ0n) is 10.1. The summed E-state index contributed by atoms with van der Waals surface area (Å²) in [7, 11) is 0. The highest BCUT2D eigenvalue weighted by Gasteiger charge is 2.05. The van der Waals surface area contributed by atoms with Crippen LogP contribution in [0, 0.1) is 0 Å². The second kappa shape index (κ2) is 4.18. The number of hydrogen-bond acceptors (Lipinski definition) is 2. The minimum absolute atomic E-state index is 0.0425. The van der Waals surface area contributed by atoms with Crippen LogP contribution in [0.2, 0.25) is 0 Å². The molecule has 0 atom stereocenters. The van der Waals surface area contributed by atoms with E-state index in [4.69, 9.17) is 4.74 Å². The van der Waals surface area contributed by atoms with Crippen LogP contribution in [0.3, 0.4) is 0 Å². The van der Waals surface area contributed by atoms with Crippen LogP contribution in [-0.2, 0) is 0 Å². The standard InChI is InChI=1S/C15H13NO2/c1-2-18-10-7-8-14-12(9-10)15(17)11-5-3-4-6-13(11)16-14/h3-9H,2H2,1H3,(H,16,17). The summed E-state index contributed by atoms with van der Waals surface area (Å²) in [6, 6.07) is 13.1. The number of pyridine rings is 1. The predicted molar refractivity (Wildman–Crippen MR) is 73.2 cm³/mol. The number of H-pyrrole nitrogens is 1. The Morgan fingerprint density at radius 1 is 1.06 bits per heavy atom. The van der Waals surface area contributed by atoms with Gasteiger partial charge in [-0.2, -0.15) is 0 Å². The quantitative estimate of drug-likeness (QED) is 0.698. The molecule has 0 unspecified atom stereocenters. The van der Waals surface area contributed by atoms with E-state index in [0.29, 0.717) is 17.4 Å². The van der Waals surface area contributed by atoms with Gasteiger partial charge in [-0.25, -0.2) is 0 Å². The maximum atomic E-state index is 12.4. The van der Waals surface area contributed by atoms with Crippen molar-refractivity contribution >= 4 is 21.8 Å². The first-order valence-corrected chi connectivity index (χ1v) is 5.97. The maximum absolute atomic E-state index is 12.4. The van der Waals surface area contributed by atoms with Crippen LogP contribution in [0.4, 0.5) is 0 Å². The molecule has 3 heteroatoms. The molecule has 3 aromatic rings. The van der Waals surface area contributed by atoms with E-state index in [1.807, 2.05) is 43.3 Å². The Morgan fingerprint density at radius 3 is 2.67 bits per heavy atom. The maximum Gasteiger partial charge on any atom is 0.197 e. The smallest absolute Gasteiger partial charge is 0.197 e. The molecule has 90 valence electrons. The summed E-state index contributed by atoms with van der Waals surface area (Å²) in [6.45, 7) is 2.52. The van der Waals surface area contributed by atoms with E-state index in [1.165, 1.54) is 0 Å². The van der Waals surface area contributed by atoms with Gasteiger partial charge in [0, 0.05) is 16.3 Å². The molecule has 0 aliphatic rings. The zero-order valence-corrected chi connectivity index (χ0v) is 10.1. The molecule has 0 saturated heterocycles.